The molecular weight excluding hydrogens is 354 g/mol. The van der Waals surface area contributed by atoms with Crippen molar-refractivity contribution < 1.29 is 14.4 Å². The molecule has 0 bridgehead atoms. The lowest BCUT2D eigenvalue weighted by Gasteiger charge is -2.16. The van der Waals surface area contributed by atoms with Gasteiger partial charge in [0, 0.05) is 11.8 Å². The Labute approximate surface area is 161 Å². The molecule has 1 aromatic heterocycles. The van der Waals surface area contributed by atoms with E-state index in [1.165, 1.54) is 23.1 Å². The SMILES string of the molecule is Cc1ccc(N2C(=O)c3ccc(C(=O)Nc4ccccn4)cc3C2=O)c(C)c1. The van der Waals surface area contributed by atoms with Gasteiger partial charge in [-0.05, 0) is 55.8 Å². The second-order valence-corrected chi connectivity index (χ2v) is 6.67. The van der Waals surface area contributed by atoms with E-state index in [0.29, 0.717) is 17.1 Å². The van der Waals surface area contributed by atoms with Gasteiger partial charge in [0.2, 0.25) is 0 Å². The fraction of sp³-hybridized carbons (Fsp3) is 0.0909. The first-order valence-electron chi connectivity index (χ1n) is 8.78. The predicted octanol–water partition coefficient (Wildman–Crippen LogP) is 3.75. The minimum absolute atomic E-state index is 0.221. The summed E-state index contributed by atoms with van der Waals surface area (Å²) in [5.41, 5.74) is 3.23. The van der Waals surface area contributed by atoms with Gasteiger partial charge >= 0.3 is 0 Å². The highest BCUT2D eigenvalue weighted by Crippen LogP contribution is 2.31. The van der Waals surface area contributed by atoms with E-state index >= 15 is 0 Å². The van der Waals surface area contributed by atoms with Gasteiger partial charge in [0.25, 0.3) is 17.7 Å². The van der Waals surface area contributed by atoms with Gasteiger partial charge in [-0.1, -0.05) is 23.8 Å². The van der Waals surface area contributed by atoms with Crippen molar-refractivity contribution >= 4 is 29.2 Å². The number of hydrogen-bond donors (Lipinski definition) is 1. The third-order valence-corrected chi connectivity index (χ3v) is 4.65. The number of aryl methyl sites for hydroxylation is 2. The smallest absolute Gasteiger partial charge is 0.266 e. The van der Waals surface area contributed by atoms with Crippen LogP contribution in [0.2, 0.25) is 0 Å². The molecule has 0 spiro atoms. The average Bonchev–Trinajstić information content (AvgIpc) is 2.93. The zero-order valence-electron chi connectivity index (χ0n) is 15.4. The van der Waals surface area contributed by atoms with E-state index in [-0.39, 0.29) is 17.0 Å². The van der Waals surface area contributed by atoms with Gasteiger partial charge in [0.05, 0.1) is 16.8 Å². The third-order valence-electron chi connectivity index (χ3n) is 4.65. The Kier molecular flexibility index (Phi) is 4.24. The van der Waals surface area contributed by atoms with Gasteiger partial charge < -0.3 is 5.32 Å². The summed E-state index contributed by atoms with van der Waals surface area (Å²) in [6.07, 6.45) is 1.57. The second kappa shape index (κ2) is 6.74. The molecule has 3 aromatic rings. The highest BCUT2D eigenvalue weighted by Gasteiger charge is 2.37. The lowest BCUT2D eigenvalue weighted by Crippen LogP contribution is -2.30. The van der Waals surface area contributed by atoms with Crippen LogP contribution in [0.4, 0.5) is 11.5 Å². The Morgan fingerprint density at radius 2 is 1.71 bits per heavy atom. The molecular formula is C22H17N3O3. The number of nitrogens with one attached hydrogen (secondary N) is 1. The first kappa shape index (κ1) is 17.6. The van der Waals surface area contributed by atoms with Crippen molar-refractivity contribution in [1.29, 1.82) is 0 Å². The number of aromatic nitrogens is 1. The van der Waals surface area contributed by atoms with E-state index in [2.05, 4.69) is 10.3 Å². The number of imide groups is 1. The molecule has 0 unspecified atom stereocenters. The monoisotopic (exact) mass is 371 g/mol. The fourth-order valence-electron chi connectivity index (χ4n) is 3.28. The average molecular weight is 371 g/mol. The topological polar surface area (TPSA) is 79.4 Å². The van der Waals surface area contributed by atoms with Crippen LogP contribution in [-0.2, 0) is 0 Å². The number of amides is 3. The first-order chi connectivity index (χ1) is 13.5. The molecule has 1 aliphatic heterocycles. The molecule has 3 amide bonds. The minimum atomic E-state index is -0.431. The van der Waals surface area contributed by atoms with Crippen LogP contribution in [0.25, 0.3) is 0 Å². The highest BCUT2D eigenvalue weighted by atomic mass is 16.2. The number of hydrogen-bond acceptors (Lipinski definition) is 4. The summed E-state index contributed by atoms with van der Waals surface area (Å²) >= 11 is 0. The summed E-state index contributed by atoms with van der Waals surface area (Å²) < 4.78 is 0. The van der Waals surface area contributed by atoms with Gasteiger partial charge in [0.1, 0.15) is 5.82 Å². The zero-order valence-corrected chi connectivity index (χ0v) is 15.4. The third kappa shape index (κ3) is 2.95. The molecule has 0 saturated heterocycles. The molecule has 0 atom stereocenters. The van der Waals surface area contributed by atoms with E-state index < -0.39 is 11.8 Å². The molecule has 138 valence electrons. The van der Waals surface area contributed by atoms with Crippen molar-refractivity contribution in [1.82, 2.24) is 4.98 Å². The van der Waals surface area contributed by atoms with Crippen LogP contribution in [0.1, 0.15) is 42.2 Å². The van der Waals surface area contributed by atoms with Crippen molar-refractivity contribution in [3.05, 3.63) is 88.6 Å². The van der Waals surface area contributed by atoms with Crippen LogP contribution in [0.15, 0.2) is 60.8 Å². The number of carbonyl (C=O) groups is 3. The maximum atomic E-state index is 12.9. The number of rotatable bonds is 3. The molecule has 2 aromatic carbocycles. The zero-order chi connectivity index (χ0) is 19.8. The summed E-state index contributed by atoms with van der Waals surface area (Å²) in [6, 6.07) is 15.2. The van der Waals surface area contributed by atoms with E-state index in [1.54, 1.807) is 30.5 Å². The first-order valence-corrected chi connectivity index (χ1v) is 8.78. The molecule has 0 radical (unpaired) electrons. The van der Waals surface area contributed by atoms with E-state index in [9.17, 15) is 14.4 Å². The fourth-order valence-corrected chi connectivity index (χ4v) is 3.28. The number of nitrogens with zero attached hydrogens (tertiary/aromatic N) is 2. The quantitative estimate of drug-likeness (QED) is 0.711. The van der Waals surface area contributed by atoms with Crippen molar-refractivity contribution in [2.45, 2.75) is 13.8 Å². The number of benzene rings is 2. The van der Waals surface area contributed by atoms with E-state index in [0.717, 1.165) is 11.1 Å². The van der Waals surface area contributed by atoms with Crippen molar-refractivity contribution in [3.63, 3.8) is 0 Å². The molecule has 0 saturated carbocycles. The van der Waals surface area contributed by atoms with E-state index in [1.807, 2.05) is 26.0 Å². The maximum Gasteiger partial charge on any atom is 0.266 e. The Morgan fingerprint density at radius 1 is 0.929 bits per heavy atom. The molecule has 0 aliphatic carbocycles. The Hall–Kier alpha value is -3.80. The van der Waals surface area contributed by atoms with Crippen molar-refractivity contribution in [3.8, 4) is 0 Å². The Bertz CT molecular complexity index is 1120. The Morgan fingerprint density at radius 3 is 2.43 bits per heavy atom. The normalized spacial score (nSPS) is 12.9. The number of carbonyl (C=O) groups excluding carboxylic acids is 3. The van der Waals surface area contributed by atoms with Crippen LogP contribution < -0.4 is 10.2 Å². The summed E-state index contributed by atoms with van der Waals surface area (Å²) in [7, 11) is 0. The maximum absolute atomic E-state index is 12.9. The summed E-state index contributed by atoms with van der Waals surface area (Å²) in [4.78, 5) is 43.5. The molecule has 4 rings (SSSR count). The standard InChI is InChI=1S/C22H17N3O3/c1-13-6-9-18(14(2)11-13)25-21(27)16-8-7-15(12-17(16)22(25)28)20(26)24-19-5-3-4-10-23-19/h3-12H,1-2H3,(H,23,24,26). The van der Waals surface area contributed by atoms with Gasteiger partial charge in [0.15, 0.2) is 0 Å². The van der Waals surface area contributed by atoms with Gasteiger partial charge in [-0.25, -0.2) is 9.88 Å². The molecule has 28 heavy (non-hydrogen) atoms. The predicted molar refractivity (Wildman–Crippen MR) is 106 cm³/mol. The van der Waals surface area contributed by atoms with Crippen LogP contribution in [0, 0.1) is 13.8 Å². The minimum Gasteiger partial charge on any atom is -0.307 e. The van der Waals surface area contributed by atoms with Gasteiger partial charge in [-0.15, -0.1) is 0 Å². The van der Waals surface area contributed by atoms with Crippen molar-refractivity contribution in [2.75, 3.05) is 10.2 Å². The van der Waals surface area contributed by atoms with Gasteiger partial charge in [-0.3, -0.25) is 14.4 Å². The highest BCUT2D eigenvalue weighted by molar-refractivity contribution is 6.35. The lowest BCUT2D eigenvalue weighted by atomic mass is 10.1. The molecule has 0 fully saturated rings. The van der Waals surface area contributed by atoms with E-state index in [4.69, 9.17) is 0 Å². The molecule has 1 N–H and O–H groups in total. The van der Waals surface area contributed by atoms with Crippen molar-refractivity contribution in [2.24, 2.45) is 0 Å². The Balaban J connectivity index is 1.66. The number of fused-ring (bicyclic) bond motifs is 1. The second-order valence-electron chi connectivity index (χ2n) is 6.67. The molecule has 1 aliphatic rings. The summed E-state index contributed by atoms with van der Waals surface area (Å²) in [6.45, 7) is 3.81. The molecule has 6 heteroatoms. The van der Waals surface area contributed by atoms with Crippen LogP contribution in [0.3, 0.4) is 0 Å². The largest absolute Gasteiger partial charge is 0.307 e. The number of anilines is 2. The molecule has 2 heterocycles. The van der Waals surface area contributed by atoms with Gasteiger partial charge in [-0.2, -0.15) is 0 Å². The summed E-state index contributed by atoms with van der Waals surface area (Å²) in [5, 5.41) is 2.67. The van der Waals surface area contributed by atoms with Crippen LogP contribution in [0.5, 0.6) is 0 Å². The summed E-state index contributed by atoms with van der Waals surface area (Å²) in [5.74, 6) is -0.804. The lowest BCUT2D eigenvalue weighted by molar-refractivity contribution is 0.0925. The molecule has 6 nitrogen and oxygen atoms in total. The van der Waals surface area contributed by atoms with Crippen LogP contribution >= 0.6 is 0 Å². The van der Waals surface area contributed by atoms with Crippen LogP contribution in [-0.4, -0.2) is 22.7 Å². The number of pyridine rings is 1.